The van der Waals surface area contributed by atoms with Gasteiger partial charge in [0.15, 0.2) is 0 Å². The van der Waals surface area contributed by atoms with Gasteiger partial charge in [0.1, 0.15) is 9.77 Å². The van der Waals surface area contributed by atoms with Gasteiger partial charge in [0.2, 0.25) is 10.0 Å². The lowest BCUT2D eigenvalue weighted by Gasteiger charge is -2.25. The molecule has 3 rings (SSSR count). The predicted molar refractivity (Wildman–Crippen MR) is 116 cm³/mol. The van der Waals surface area contributed by atoms with Gasteiger partial charge in [0, 0.05) is 43.0 Å². The first-order valence-corrected chi connectivity index (χ1v) is 12.2. The van der Waals surface area contributed by atoms with Gasteiger partial charge in [-0.05, 0) is 35.7 Å². The highest BCUT2D eigenvalue weighted by Gasteiger charge is 2.31. The molecule has 11 heteroatoms. The summed E-state index contributed by atoms with van der Waals surface area (Å²) in [4.78, 5) is 25.8. The highest BCUT2D eigenvalue weighted by molar-refractivity contribution is 7.99. The van der Waals surface area contributed by atoms with Gasteiger partial charge >= 0.3 is 6.09 Å². The molecule has 0 saturated carbocycles. The van der Waals surface area contributed by atoms with Crippen LogP contribution in [0.15, 0.2) is 40.6 Å². The van der Waals surface area contributed by atoms with Crippen LogP contribution in [0.25, 0.3) is 0 Å². The Labute approximate surface area is 177 Å². The summed E-state index contributed by atoms with van der Waals surface area (Å²) in [6, 6.07) is 8.06. The number of nitrogens with zero attached hydrogens (tertiary/aromatic N) is 2. The average Bonchev–Trinajstić information content (AvgIpc) is 3.25. The molecule has 2 aromatic rings. The van der Waals surface area contributed by atoms with E-state index in [1.54, 1.807) is 48.5 Å². The zero-order valence-corrected chi connectivity index (χ0v) is 18.4. The summed E-state index contributed by atoms with van der Waals surface area (Å²) in [5, 5.41) is 4.32. The molecule has 1 aromatic heterocycles. The van der Waals surface area contributed by atoms with E-state index in [0.29, 0.717) is 24.5 Å². The molecule has 1 aliphatic rings. The van der Waals surface area contributed by atoms with Gasteiger partial charge in [-0.2, -0.15) is 16.1 Å². The molecule has 1 aromatic carbocycles. The van der Waals surface area contributed by atoms with Crippen LogP contribution in [0.4, 0.5) is 16.2 Å². The fraction of sp³-hybridized carbons (Fsp3) is 0.333. The number of thioether (sulfide) groups is 1. The molecule has 1 saturated heterocycles. The smallest absolute Gasteiger partial charge is 0.413 e. The largest absolute Gasteiger partial charge is 0.452 e. The van der Waals surface area contributed by atoms with E-state index in [1.807, 2.05) is 0 Å². The standard InChI is InChI=1S/C18H21N3O5S3/c1-20(18(23)26-2)14-5-3-13(4-6-14)19-17(22)16-15(7-10-28-16)29(24,25)21-8-11-27-12-9-21/h3-7,10H,8-9,11-12H2,1-2H3,(H,19,22). The van der Waals surface area contributed by atoms with E-state index in [2.05, 4.69) is 10.1 Å². The Bertz CT molecular complexity index is 982. The minimum absolute atomic E-state index is 0.0361. The number of methoxy groups -OCH3 is 1. The predicted octanol–water partition coefficient (Wildman–Crippen LogP) is 2.94. The molecule has 8 nitrogen and oxygen atoms in total. The lowest BCUT2D eigenvalue weighted by atomic mass is 10.2. The molecule has 0 bridgehead atoms. The van der Waals surface area contributed by atoms with Gasteiger partial charge in [-0.25, -0.2) is 13.2 Å². The third-order valence-corrected chi connectivity index (χ3v) is 8.31. The Morgan fingerprint density at radius 2 is 1.79 bits per heavy atom. The first kappa shape index (κ1) is 21.6. The molecule has 0 atom stereocenters. The van der Waals surface area contributed by atoms with Crippen LogP contribution in [0.3, 0.4) is 0 Å². The number of anilines is 2. The van der Waals surface area contributed by atoms with Crippen LogP contribution >= 0.6 is 23.1 Å². The number of nitrogens with one attached hydrogen (secondary N) is 1. The van der Waals surface area contributed by atoms with Crippen molar-refractivity contribution in [1.82, 2.24) is 4.31 Å². The minimum Gasteiger partial charge on any atom is -0.452 e. The monoisotopic (exact) mass is 455 g/mol. The number of benzene rings is 1. The summed E-state index contributed by atoms with van der Waals surface area (Å²) in [6.45, 7) is 0.887. The van der Waals surface area contributed by atoms with E-state index in [0.717, 1.165) is 22.8 Å². The molecule has 0 unspecified atom stereocenters. The summed E-state index contributed by atoms with van der Waals surface area (Å²) in [5.41, 5.74) is 1.08. The number of thiophene rings is 1. The van der Waals surface area contributed by atoms with Crippen LogP contribution in [0.2, 0.25) is 0 Å². The van der Waals surface area contributed by atoms with Crippen LogP contribution in [-0.4, -0.2) is 63.5 Å². The van der Waals surface area contributed by atoms with Gasteiger partial charge in [0.05, 0.1) is 7.11 Å². The van der Waals surface area contributed by atoms with E-state index in [4.69, 9.17) is 0 Å². The minimum atomic E-state index is -3.71. The summed E-state index contributed by atoms with van der Waals surface area (Å²) in [7, 11) is -0.840. The number of hydrogen-bond acceptors (Lipinski definition) is 7. The van der Waals surface area contributed by atoms with Crippen LogP contribution in [0, 0.1) is 0 Å². The molecule has 1 aliphatic heterocycles. The highest BCUT2D eigenvalue weighted by Crippen LogP contribution is 2.28. The molecular weight excluding hydrogens is 434 g/mol. The van der Waals surface area contributed by atoms with Gasteiger partial charge in [-0.1, -0.05) is 0 Å². The van der Waals surface area contributed by atoms with Crippen LogP contribution in [-0.2, 0) is 14.8 Å². The maximum Gasteiger partial charge on any atom is 0.413 e. The van der Waals surface area contributed by atoms with Crippen molar-refractivity contribution in [3.05, 3.63) is 40.6 Å². The van der Waals surface area contributed by atoms with Crippen molar-refractivity contribution in [3.8, 4) is 0 Å². The normalized spacial score (nSPS) is 15.0. The van der Waals surface area contributed by atoms with Crippen LogP contribution in [0.5, 0.6) is 0 Å². The summed E-state index contributed by atoms with van der Waals surface area (Å²) >= 11 is 2.81. The summed E-state index contributed by atoms with van der Waals surface area (Å²) in [5.74, 6) is 1.01. The van der Waals surface area contributed by atoms with Crippen molar-refractivity contribution in [2.24, 2.45) is 0 Å². The van der Waals surface area contributed by atoms with Crippen LogP contribution < -0.4 is 10.2 Å². The number of carbonyl (C=O) groups is 2. The number of carbonyl (C=O) groups excluding carboxylic acids is 2. The second kappa shape index (κ2) is 9.16. The van der Waals surface area contributed by atoms with Gasteiger partial charge in [0.25, 0.3) is 5.91 Å². The van der Waals surface area contributed by atoms with E-state index < -0.39 is 22.0 Å². The van der Waals surface area contributed by atoms with Crippen molar-refractivity contribution < 1.29 is 22.7 Å². The number of amides is 2. The lowest BCUT2D eigenvalue weighted by Crippen LogP contribution is -2.38. The van der Waals surface area contributed by atoms with Gasteiger partial charge in [-0.3, -0.25) is 9.69 Å². The molecule has 1 N–H and O–H groups in total. The number of sulfonamides is 1. The molecule has 2 heterocycles. The van der Waals surface area contributed by atoms with E-state index in [1.165, 1.54) is 22.4 Å². The van der Waals surface area contributed by atoms with Crippen molar-refractivity contribution in [2.45, 2.75) is 4.90 Å². The Morgan fingerprint density at radius 1 is 1.14 bits per heavy atom. The van der Waals surface area contributed by atoms with E-state index in [9.17, 15) is 18.0 Å². The lowest BCUT2D eigenvalue weighted by molar-refractivity contribution is 0.102. The van der Waals surface area contributed by atoms with Gasteiger partial charge in [-0.15, -0.1) is 11.3 Å². The maximum atomic E-state index is 12.9. The van der Waals surface area contributed by atoms with Gasteiger partial charge < -0.3 is 10.1 Å². The van der Waals surface area contributed by atoms with Crippen molar-refractivity contribution in [1.29, 1.82) is 0 Å². The molecule has 29 heavy (non-hydrogen) atoms. The topological polar surface area (TPSA) is 96.0 Å². The van der Waals surface area contributed by atoms with Crippen molar-refractivity contribution >= 4 is 56.5 Å². The van der Waals surface area contributed by atoms with Crippen molar-refractivity contribution in [3.63, 3.8) is 0 Å². The first-order chi connectivity index (χ1) is 13.8. The summed E-state index contributed by atoms with van der Waals surface area (Å²) in [6.07, 6.45) is -0.508. The Kier molecular flexibility index (Phi) is 6.83. The Morgan fingerprint density at radius 3 is 2.41 bits per heavy atom. The quantitative estimate of drug-likeness (QED) is 0.745. The molecule has 156 valence electrons. The van der Waals surface area contributed by atoms with Crippen LogP contribution in [0.1, 0.15) is 9.67 Å². The molecule has 1 fully saturated rings. The molecule has 2 amide bonds. The number of hydrogen-bond donors (Lipinski definition) is 1. The van der Waals surface area contributed by atoms with Crippen molar-refractivity contribution in [2.75, 3.05) is 49.0 Å². The third kappa shape index (κ3) is 4.74. The SMILES string of the molecule is COC(=O)N(C)c1ccc(NC(=O)c2sccc2S(=O)(=O)N2CCSCC2)cc1. The molecule has 0 aliphatic carbocycles. The molecular formula is C18H21N3O5S3. The number of rotatable bonds is 5. The van der Waals surface area contributed by atoms with E-state index in [-0.39, 0.29) is 9.77 Å². The first-order valence-electron chi connectivity index (χ1n) is 8.73. The molecule has 0 spiro atoms. The summed E-state index contributed by atoms with van der Waals surface area (Å²) < 4.78 is 32.0. The maximum absolute atomic E-state index is 12.9. The second-order valence-electron chi connectivity index (χ2n) is 6.16. The van der Waals surface area contributed by atoms with E-state index >= 15 is 0 Å². The third-order valence-electron chi connectivity index (χ3n) is 4.38. The average molecular weight is 456 g/mol. The zero-order chi connectivity index (χ0) is 21.0. The fourth-order valence-electron chi connectivity index (χ4n) is 2.79. The fourth-order valence-corrected chi connectivity index (χ4v) is 6.66. The second-order valence-corrected chi connectivity index (χ2v) is 10.2. The number of ether oxygens (including phenoxy) is 1. The zero-order valence-electron chi connectivity index (χ0n) is 16.0. The Hall–Kier alpha value is -2.08. The Balaban J connectivity index is 1.75. The molecule has 0 radical (unpaired) electrons. The highest BCUT2D eigenvalue weighted by atomic mass is 32.2.